The molecule has 0 amide bonds. The molecule has 0 atom stereocenters. The number of hydrogen-bond donors (Lipinski definition) is 0. The molecule has 0 aromatic carbocycles. The molecule has 0 aromatic rings. The lowest BCUT2D eigenvalue weighted by Gasteiger charge is -1.95. The van der Waals surface area contributed by atoms with Gasteiger partial charge >= 0.3 is 5.97 Å². The molecule has 0 saturated heterocycles. The van der Waals surface area contributed by atoms with Crippen LogP contribution in [0.4, 0.5) is 0 Å². The Bertz CT molecular complexity index is 85.0. The van der Waals surface area contributed by atoms with Gasteiger partial charge in [-0.25, -0.2) is 0 Å². The van der Waals surface area contributed by atoms with Crippen LogP contribution in [-0.2, 0) is 9.53 Å². The molecule has 0 unspecified atom stereocenters. The van der Waals surface area contributed by atoms with Gasteiger partial charge in [-0.3, -0.25) is 4.79 Å². The van der Waals surface area contributed by atoms with Crippen molar-refractivity contribution in [3.05, 3.63) is 0 Å². The molecular weight excluding hydrogens is 156 g/mol. The molecule has 0 spiro atoms. The van der Waals surface area contributed by atoms with Gasteiger partial charge in [0.2, 0.25) is 0 Å². The smallest absolute Gasteiger partial charge is 0.306 e. The summed E-state index contributed by atoms with van der Waals surface area (Å²) in [4.78, 5) is 10.4. The van der Waals surface area contributed by atoms with E-state index in [9.17, 15) is 4.79 Å². The first kappa shape index (κ1) is 9.17. The van der Waals surface area contributed by atoms with Gasteiger partial charge in [0, 0.05) is 5.75 Å². The molecule has 0 aromatic heterocycles. The monoisotopic (exact) mass is 166 g/mol. The molecule has 9 heavy (non-hydrogen) atoms. The normalized spacial score (nSPS) is 9.11. The standard InChI is InChI=1S/C5H10O2S2/c1-7-5(6)3-4-9-8-2/h3-4H2,1-2H3. The van der Waals surface area contributed by atoms with Crippen molar-refractivity contribution < 1.29 is 9.53 Å². The van der Waals surface area contributed by atoms with E-state index in [0.717, 1.165) is 5.75 Å². The van der Waals surface area contributed by atoms with Crippen LogP contribution >= 0.6 is 21.6 Å². The number of rotatable bonds is 4. The van der Waals surface area contributed by atoms with Gasteiger partial charge < -0.3 is 4.74 Å². The van der Waals surface area contributed by atoms with Gasteiger partial charge in [-0.15, -0.1) is 0 Å². The molecule has 0 fully saturated rings. The molecule has 0 radical (unpaired) electrons. The van der Waals surface area contributed by atoms with Crippen LogP contribution in [0.3, 0.4) is 0 Å². The second-order valence-electron chi connectivity index (χ2n) is 1.31. The van der Waals surface area contributed by atoms with Gasteiger partial charge in [0.15, 0.2) is 0 Å². The largest absolute Gasteiger partial charge is 0.469 e. The average molecular weight is 166 g/mol. The van der Waals surface area contributed by atoms with Crippen LogP contribution in [0.1, 0.15) is 6.42 Å². The number of methoxy groups -OCH3 is 1. The van der Waals surface area contributed by atoms with E-state index in [0.29, 0.717) is 6.42 Å². The zero-order valence-corrected chi connectivity index (χ0v) is 7.18. The predicted octanol–water partition coefficient (Wildman–Crippen LogP) is 1.56. The Hall–Kier alpha value is 0.170. The minimum Gasteiger partial charge on any atom is -0.469 e. The Morgan fingerprint density at radius 1 is 1.67 bits per heavy atom. The van der Waals surface area contributed by atoms with Crippen LogP contribution in [0.5, 0.6) is 0 Å². The maximum atomic E-state index is 10.4. The van der Waals surface area contributed by atoms with E-state index in [4.69, 9.17) is 0 Å². The number of hydrogen-bond acceptors (Lipinski definition) is 4. The summed E-state index contributed by atoms with van der Waals surface area (Å²) in [6.07, 6.45) is 2.50. The van der Waals surface area contributed by atoms with Gasteiger partial charge in [0.25, 0.3) is 0 Å². The molecule has 0 bridgehead atoms. The van der Waals surface area contributed by atoms with Crippen molar-refractivity contribution in [2.75, 3.05) is 19.1 Å². The molecule has 2 nitrogen and oxygen atoms in total. The fourth-order valence-corrected chi connectivity index (χ4v) is 1.48. The van der Waals surface area contributed by atoms with E-state index in [1.165, 1.54) is 7.11 Å². The van der Waals surface area contributed by atoms with Crippen molar-refractivity contribution in [1.29, 1.82) is 0 Å². The molecule has 0 saturated carbocycles. The van der Waals surface area contributed by atoms with Crippen LogP contribution in [-0.4, -0.2) is 25.1 Å². The summed E-state index contributed by atoms with van der Waals surface area (Å²) in [5, 5.41) is 0. The molecule has 0 heterocycles. The molecule has 54 valence electrons. The Labute approximate surface area is 63.1 Å². The minimum absolute atomic E-state index is 0.128. The van der Waals surface area contributed by atoms with E-state index < -0.39 is 0 Å². The van der Waals surface area contributed by atoms with Crippen LogP contribution in [0, 0.1) is 0 Å². The SMILES string of the molecule is COC(=O)CCSSC. The molecule has 0 N–H and O–H groups in total. The minimum atomic E-state index is -0.128. The zero-order chi connectivity index (χ0) is 7.11. The van der Waals surface area contributed by atoms with Gasteiger partial charge in [0.05, 0.1) is 13.5 Å². The van der Waals surface area contributed by atoms with Gasteiger partial charge in [0.1, 0.15) is 0 Å². The molecular formula is C5H10O2S2. The molecule has 0 aliphatic rings. The Kier molecular flexibility index (Phi) is 6.41. The second kappa shape index (κ2) is 6.29. The van der Waals surface area contributed by atoms with E-state index in [1.807, 2.05) is 6.26 Å². The third kappa shape index (κ3) is 6.05. The van der Waals surface area contributed by atoms with Gasteiger partial charge in [-0.1, -0.05) is 21.6 Å². The molecule has 0 aliphatic carbocycles. The van der Waals surface area contributed by atoms with Crippen LogP contribution in [0.2, 0.25) is 0 Å². The highest BCUT2D eigenvalue weighted by Crippen LogP contribution is 2.17. The maximum Gasteiger partial charge on any atom is 0.306 e. The molecule has 0 rings (SSSR count). The summed E-state index contributed by atoms with van der Waals surface area (Å²) in [7, 11) is 4.74. The second-order valence-corrected chi connectivity index (χ2v) is 4.00. The average Bonchev–Trinajstić information content (AvgIpc) is 1.89. The lowest BCUT2D eigenvalue weighted by molar-refractivity contribution is -0.140. The summed E-state index contributed by atoms with van der Waals surface area (Å²) >= 11 is 0. The van der Waals surface area contributed by atoms with Crippen LogP contribution < -0.4 is 0 Å². The van der Waals surface area contributed by atoms with E-state index in [2.05, 4.69) is 4.74 Å². The number of ether oxygens (including phenoxy) is 1. The highest BCUT2D eigenvalue weighted by atomic mass is 33.1. The lowest BCUT2D eigenvalue weighted by Crippen LogP contribution is -2.00. The fraction of sp³-hybridized carbons (Fsp3) is 0.800. The first-order valence-electron chi connectivity index (χ1n) is 2.53. The number of carbonyl (C=O) groups excluding carboxylic acids is 1. The highest BCUT2D eigenvalue weighted by molar-refractivity contribution is 8.76. The van der Waals surface area contributed by atoms with Crippen molar-refractivity contribution in [2.24, 2.45) is 0 Å². The predicted molar refractivity (Wildman–Crippen MR) is 42.6 cm³/mol. The summed E-state index contributed by atoms with van der Waals surface area (Å²) < 4.78 is 4.44. The summed E-state index contributed by atoms with van der Waals surface area (Å²) in [5.41, 5.74) is 0. The Morgan fingerprint density at radius 2 is 2.33 bits per heavy atom. The van der Waals surface area contributed by atoms with Gasteiger partial charge in [-0.2, -0.15) is 0 Å². The molecule has 4 heteroatoms. The van der Waals surface area contributed by atoms with E-state index in [1.54, 1.807) is 21.6 Å². The third-order valence-electron chi connectivity index (χ3n) is 0.735. The zero-order valence-electron chi connectivity index (χ0n) is 5.55. The van der Waals surface area contributed by atoms with E-state index in [-0.39, 0.29) is 5.97 Å². The maximum absolute atomic E-state index is 10.4. The quantitative estimate of drug-likeness (QED) is 0.360. The third-order valence-corrected chi connectivity index (χ3v) is 2.55. The van der Waals surface area contributed by atoms with Crippen molar-refractivity contribution in [3.63, 3.8) is 0 Å². The summed E-state index contributed by atoms with van der Waals surface area (Å²) in [6, 6.07) is 0. The summed E-state index contributed by atoms with van der Waals surface area (Å²) in [5.74, 6) is 0.713. The van der Waals surface area contributed by atoms with Crippen molar-refractivity contribution in [3.8, 4) is 0 Å². The lowest BCUT2D eigenvalue weighted by atomic mass is 10.5. The van der Waals surface area contributed by atoms with Crippen molar-refractivity contribution in [2.45, 2.75) is 6.42 Å². The van der Waals surface area contributed by atoms with Gasteiger partial charge in [-0.05, 0) is 6.26 Å². The first-order valence-corrected chi connectivity index (χ1v) is 5.26. The van der Waals surface area contributed by atoms with E-state index >= 15 is 0 Å². The molecule has 0 aliphatic heterocycles. The topological polar surface area (TPSA) is 26.3 Å². The van der Waals surface area contributed by atoms with Crippen LogP contribution in [0.25, 0.3) is 0 Å². The Balaban J connectivity index is 2.97. The fourth-order valence-electron chi connectivity index (χ4n) is 0.310. The summed E-state index contributed by atoms with van der Waals surface area (Å²) in [6.45, 7) is 0. The van der Waals surface area contributed by atoms with Crippen LogP contribution in [0.15, 0.2) is 0 Å². The number of carbonyl (C=O) groups is 1. The first-order chi connectivity index (χ1) is 4.31. The highest BCUT2D eigenvalue weighted by Gasteiger charge is 1.97. The van der Waals surface area contributed by atoms with Crippen molar-refractivity contribution in [1.82, 2.24) is 0 Å². The van der Waals surface area contributed by atoms with Crippen molar-refractivity contribution >= 4 is 27.6 Å². The number of esters is 1. The Morgan fingerprint density at radius 3 is 2.78 bits per heavy atom.